The van der Waals surface area contributed by atoms with Crippen molar-refractivity contribution in [1.29, 1.82) is 0 Å². The van der Waals surface area contributed by atoms with Gasteiger partial charge in [0.15, 0.2) is 0 Å². The number of aromatic nitrogens is 1. The summed E-state index contributed by atoms with van der Waals surface area (Å²) in [6.45, 7) is 2.21. The molecule has 0 spiro atoms. The van der Waals surface area contributed by atoms with Crippen LogP contribution in [0.4, 0.5) is 0 Å². The smallest absolute Gasteiger partial charge is 0.256 e. The van der Waals surface area contributed by atoms with Crippen molar-refractivity contribution in [2.24, 2.45) is 0 Å². The van der Waals surface area contributed by atoms with Crippen molar-refractivity contribution in [3.05, 3.63) is 24.0 Å². The summed E-state index contributed by atoms with van der Waals surface area (Å²) in [6.07, 6.45) is 2.61. The van der Waals surface area contributed by atoms with Crippen LogP contribution in [0.2, 0.25) is 0 Å². The molecule has 98 valence electrons. The Morgan fingerprint density at radius 1 is 1.33 bits per heavy atom. The van der Waals surface area contributed by atoms with Gasteiger partial charge < -0.3 is 14.9 Å². The standard InChI is InChI=1S/C12H17N3O3/c1-4-15(8-11(17)14(2)3)12(18)9-5-10(16)7-13-6-9/h5-7,16H,4,8H2,1-3H3. The van der Waals surface area contributed by atoms with Gasteiger partial charge in [-0.25, -0.2) is 0 Å². The van der Waals surface area contributed by atoms with E-state index in [1.807, 2.05) is 0 Å². The lowest BCUT2D eigenvalue weighted by atomic mass is 10.2. The molecule has 6 nitrogen and oxygen atoms in total. The van der Waals surface area contributed by atoms with Gasteiger partial charge in [-0.3, -0.25) is 14.6 Å². The maximum atomic E-state index is 12.1. The largest absolute Gasteiger partial charge is 0.506 e. The molecule has 2 amide bonds. The van der Waals surface area contributed by atoms with Crippen LogP contribution < -0.4 is 0 Å². The molecular weight excluding hydrogens is 234 g/mol. The van der Waals surface area contributed by atoms with Crippen molar-refractivity contribution >= 4 is 11.8 Å². The third kappa shape index (κ3) is 3.44. The Bertz CT molecular complexity index is 446. The summed E-state index contributed by atoms with van der Waals surface area (Å²) in [5.41, 5.74) is 0.267. The van der Waals surface area contributed by atoms with E-state index in [-0.39, 0.29) is 29.7 Å². The van der Waals surface area contributed by atoms with Crippen molar-refractivity contribution in [2.75, 3.05) is 27.2 Å². The summed E-state index contributed by atoms with van der Waals surface area (Å²) in [6, 6.07) is 1.33. The van der Waals surface area contributed by atoms with Crippen LogP contribution in [0.15, 0.2) is 18.5 Å². The first kappa shape index (κ1) is 14.0. The molecule has 18 heavy (non-hydrogen) atoms. The Balaban J connectivity index is 2.83. The Morgan fingerprint density at radius 2 is 2.00 bits per heavy atom. The first-order valence-corrected chi connectivity index (χ1v) is 5.59. The van der Waals surface area contributed by atoms with Gasteiger partial charge in [-0.15, -0.1) is 0 Å². The van der Waals surface area contributed by atoms with E-state index < -0.39 is 0 Å². The van der Waals surface area contributed by atoms with Crippen molar-refractivity contribution in [3.8, 4) is 5.75 Å². The van der Waals surface area contributed by atoms with Crippen LogP contribution in [0.5, 0.6) is 5.75 Å². The molecule has 0 bridgehead atoms. The van der Waals surface area contributed by atoms with E-state index in [2.05, 4.69) is 4.98 Å². The average molecular weight is 251 g/mol. The number of hydrogen-bond acceptors (Lipinski definition) is 4. The minimum atomic E-state index is -0.323. The highest BCUT2D eigenvalue weighted by atomic mass is 16.3. The van der Waals surface area contributed by atoms with E-state index in [0.29, 0.717) is 6.54 Å². The zero-order chi connectivity index (χ0) is 13.7. The fourth-order valence-electron chi connectivity index (χ4n) is 1.36. The van der Waals surface area contributed by atoms with Gasteiger partial charge in [-0.05, 0) is 13.0 Å². The number of likely N-dealkylation sites (N-methyl/N-ethyl adjacent to an activating group) is 2. The number of carbonyl (C=O) groups is 2. The molecule has 0 fully saturated rings. The van der Waals surface area contributed by atoms with E-state index >= 15 is 0 Å². The van der Waals surface area contributed by atoms with Crippen LogP contribution in [0.1, 0.15) is 17.3 Å². The van der Waals surface area contributed by atoms with Crippen LogP contribution in [-0.4, -0.2) is 58.9 Å². The highest BCUT2D eigenvalue weighted by Crippen LogP contribution is 2.11. The van der Waals surface area contributed by atoms with Gasteiger partial charge in [0.05, 0.1) is 18.3 Å². The quantitative estimate of drug-likeness (QED) is 0.837. The third-order valence-corrected chi connectivity index (χ3v) is 2.46. The first-order valence-electron chi connectivity index (χ1n) is 5.59. The number of rotatable bonds is 4. The fraction of sp³-hybridized carbons (Fsp3) is 0.417. The van der Waals surface area contributed by atoms with Crippen LogP contribution in [0, 0.1) is 0 Å². The normalized spacial score (nSPS) is 9.94. The number of pyridine rings is 1. The predicted molar refractivity (Wildman–Crippen MR) is 66.2 cm³/mol. The van der Waals surface area contributed by atoms with E-state index in [9.17, 15) is 14.7 Å². The minimum Gasteiger partial charge on any atom is -0.506 e. The molecule has 0 saturated heterocycles. The molecule has 0 saturated carbocycles. The summed E-state index contributed by atoms with van der Waals surface area (Å²) in [5.74, 6) is -0.551. The van der Waals surface area contributed by atoms with E-state index in [1.54, 1.807) is 21.0 Å². The average Bonchev–Trinajstić information content (AvgIpc) is 2.34. The fourth-order valence-corrected chi connectivity index (χ4v) is 1.36. The van der Waals surface area contributed by atoms with Gasteiger partial charge in [0, 0.05) is 26.8 Å². The number of nitrogens with zero attached hydrogens (tertiary/aromatic N) is 3. The molecule has 0 aromatic carbocycles. The van der Waals surface area contributed by atoms with Gasteiger partial charge >= 0.3 is 0 Å². The van der Waals surface area contributed by atoms with Crippen LogP contribution >= 0.6 is 0 Å². The maximum absolute atomic E-state index is 12.1. The number of hydrogen-bond donors (Lipinski definition) is 1. The molecule has 0 aliphatic heterocycles. The molecule has 1 aromatic rings. The monoisotopic (exact) mass is 251 g/mol. The minimum absolute atomic E-state index is 0.0119. The molecule has 1 N–H and O–H groups in total. The van der Waals surface area contributed by atoms with E-state index in [1.165, 1.54) is 28.3 Å². The van der Waals surface area contributed by atoms with Crippen molar-refractivity contribution in [1.82, 2.24) is 14.8 Å². The SMILES string of the molecule is CCN(CC(=O)N(C)C)C(=O)c1cncc(O)c1. The summed E-state index contributed by atoms with van der Waals surface area (Å²) in [4.78, 5) is 30.2. The second-order valence-corrected chi connectivity index (χ2v) is 4.04. The summed E-state index contributed by atoms with van der Waals surface area (Å²) >= 11 is 0. The van der Waals surface area contributed by atoms with Crippen LogP contribution in [-0.2, 0) is 4.79 Å². The lowest BCUT2D eigenvalue weighted by molar-refractivity contribution is -0.129. The second-order valence-electron chi connectivity index (χ2n) is 4.04. The number of carbonyl (C=O) groups excluding carboxylic acids is 2. The second kappa shape index (κ2) is 6.00. The van der Waals surface area contributed by atoms with Crippen molar-refractivity contribution in [3.63, 3.8) is 0 Å². The van der Waals surface area contributed by atoms with Gasteiger partial charge in [0.2, 0.25) is 5.91 Å². The zero-order valence-electron chi connectivity index (χ0n) is 10.8. The summed E-state index contributed by atoms with van der Waals surface area (Å²) in [7, 11) is 3.27. The first-order chi connectivity index (χ1) is 8.45. The third-order valence-electron chi connectivity index (χ3n) is 2.46. The number of amides is 2. The molecule has 1 aromatic heterocycles. The Kier molecular flexibility index (Phi) is 4.65. The van der Waals surface area contributed by atoms with E-state index in [0.717, 1.165) is 0 Å². The van der Waals surface area contributed by atoms with Gasteiger partial charge in [0.1, 0.15) is 5.75 Å². The molecular formula is C12H17N3O3. The zero-order valence-corrected chi connectivity index (χ0v) is 10.8. The Morgan fingerprint density at radius 3 is 2.50 bits per heavy atom. The van der Waals surface area contributed by atoms with Crippen LogP contribution in [0.25, 0.3) is 0 Å². The molecule has 0 aliphatic carbocycles. The number of aromatic hydroxyl groups is 1. The highest BCUT2D eigenvalue weighted by molar-refractivity contribution is 5.96. The van der Waals surface area contributed by atoms with Gasteiger partial charge in [-0.1, -0.05) is 0 Å². The highest BCUT2D eigenvalue weighted by Gasteiger charge is 2.18. The Labute approximate surface area is 106 Å². The topological polar surface area (TPSA) is 73.7 Å². The maximum Gasteiger partial charge on any atom is 0.256 e. The molecule has 6 heteroatoms. The van der Waals surface area contributed by atoms with Gasteiger partial charge in [-0.2, -0.15) is 0 Å². The van der Waals surface area contributed by atoms with Crippen LogP contribution in [0.3, 0.4) is 0 Å². The predicted octanol–water partition coefficient (Wildman–Crippen LogP) is 0.337. The summed E-state index contributed by atoms with van der Waals surface area (Å²) < 4.78 is 0. The molecule has 0 radical (unpaired) electrons. The Hall–Kier alpha value is -2.11. The molecule has 0 atom stereocenters. The van der Waals surface area contributed by atoms with E-state index in [4.69, 9.17) is 0 Å². The molecule has 1 heterocycles. The molecule has 1 rings (SSSR count). The molecule has 0 unspecified atom stereocenters. The molecule has 0 aliphatic rings. The van der Waals surface area contributed by atoms with Crippen molar-refractivity contribution < 1.29 is 14.7 Å². The lowest BCUT2D eigenvalue weighted by Gasteiger charge is -2.22. The van der Waals surface area contributed by atoms with Gasteiger partial charge in [0.25, 0.3) is 5.91 Å². The lowest BCUT2D eigenvalue weighted by Crippen LogP contribution is -2.40. The summed E-state index contributed by atoms with van der Waals surface area (Å²) in [5, 5.41) is 9.28. The van der Waals surface area contributed by atoms with Crippen molar-refractivity contribution in [2.45, 2.75) is 6.92 Å².